The van der Waals surface area contributed by atoms with E-state index in [1.54, 1.807) is 29.2 Å². The lowest BCUT2D eigenvalue weighted by atomic mass is 10.1. The second-order valence-corrected chi connectivity index (χ2v) is 8.43. The molecule has 1 heterocycles. The lowest BCUT2D eigenvalue weighted by Crippen LogP contribution is -2.33. The van der Waals surface area contributed by atoms with Crippen molar-refractivity contribution in [2.75, 3.05) is 29.7 Å². The smallest absolute Gasteiger partial charge is 0.253 e. The van der Waals surface area contributed by atoms with Crippen molar-refractivity contribution in [3.05, 3.63) is 65.7 Å². The van der Waals surface area contributed by atoms with Crippen molar-refractivity contribution in [2.24, 2.45) is 0 Å². The van der Waals surface area contributed by atoms with Crippen molar-refractivity contribution < 1.29 is 13.2 Å². The van der Waals surface area contributed by atoms with E-state index in [-0.39, 0.29) is 11.7 Å². The molecule has 0 saturated carbocycles. The molecule has 0 aromatic heterocycles. The number of rotatable bonds is 6. The normalized spacial score (nSPS) is 15.8. The Morgan fingerprint density at radius 3 is 2.54 bits per heavy atom. The fourth-order valence-corrected chi connectivity index (χ4v) is 4.77. The summed E-state index contributed by atoms with van der Waals surface area (Å²) in [6, 6.07) is 17.0. The molecule has 26 heavy (non-hydrogen) atoms. The van der Waals surface area contributed by atoms with Gasteiger partial charge in [0.1, 0.15) is 0 Å². The van der Waals surface area contributed by atoms with E-state index >= 15 is 0 Å². The van der Waals surface area contributed by atoms with Crippen LogP contribution >= 0.6 is 0 Å². The van der Waals surface area contributed by atoms with E-state index in [1.807, 2.05) is 25.1 Å². The van der Waals surface area contributed by atoms with Crippen LogP contribution in [-0.4, -0.2) is 44.6 Å². The number of benzene rings is 2. The van der Waals surface area contributed by atoms with Gasteiger partial charge in [-0.05, 0) is 43.5 Å². The third-order valence-electron chi connectivity index (χ3n) is 4.66. The summed E-state index contributed by atoms with van der Waals surface area (Å²) in [5, 5.41) is 0. The zero-order chi connectivity index (χ0) is 18.6. The fraction of sp³-hybridized carbons (Fsp3) is 0.350. The van der Waals surface area contributed by atoms with Crippen LogP contribution in [0.1, 0.15) is 29.3 Å². The maximum absolute atomic E-state index is 12.9. The lowest BCUT2D eigenvalue weighted by Gasteiger charge is -2.22. The number of carbonyl (C=O) groups excluding carboxylic acids is 1. The quantitative estimate of drug-likeness (QED) is 0.783. The Bertz CT molecular complexity index is 866. The Morgan fingerprint density at radius 1 is 1.12 bits per heavy atom. The van der Waals surface area contributed by atoms with Gasteiger partial charge in [0.2, 0.25) is 10.0 Å². The molecule has 5 nitrogen and oxygen atoms in total. The molecule has 6 heteroatoms. The summed E-state index contributed by atoms with van der Waals surface area (Å²) in [6.07, 6.45) is 1.42. The molecular formula is C20H24N2O3S. The Labute approximate surface area is 155 Å². The Hall–Kier alpha value is -2.34. The van der Waals surface area contributed by atoms with Gasteiger partial charge in [-0.15, -0.1) is 0 Å². The van der Waals surface area contributed by atoms with E-state index in [1.165, 1.54) is 9.87 Å². The number of amides is 1. The topological polar surface area (TPSA) is 57.7 Å². The number of anilines is 1. The van der Waals surface area contributed by atoms with Crippen molar-refractivity contribution >= 4 is 21.6 Å². The number of hydrogen-bond donors (Lipinski definition) is 0. The van der Waals surface area contributed by atoms with Crippen LogP contribution in [0.5, 0.6) is 0 Å². The van der Waals surface area contributed by atoms with Gasteiger partial charge in [-0.2, -0.15) is 0 Å². The summed E-state index contributed by atoms with van der Waals surface area (Å²) in [7, 11) is -3.25. The van der Waals surface area contributed by atoms with E-state index in [2.05, 4.69) is 12.1 Å². The van der Waals surface area contributed by atoms with Crippen molar-refractivity contribution in [1.82, 2.24) is 4.90 Å². The summed E-state index contributed by atoms with van der Waals surface area (Å²) in [4.78, 5) is 14.7. The van der Waals surface area contributed by atoms with Crippen molar-refractivity contribution in [3.63, 3.8) is 0 Å². The molecule has 3 rings (SSSR count). The predicted octanol–water partition coefficient (Wildman–Crippen LogP) is 2.93. The highest BCUT2D eigenvalue weighted by atomic mass is 32.2. The molecule has 0 bridgehead atoms. The van der Waals surface area contributed by atoms with E-state index in [0.29, 0.717) is 37.3 Å². The highest BCUT2D eigenvalue weighted by molar-refractivity contribution is 7.93. The number of nitrogens with zero attached hydrogens (tertiary/aromatic N) is 2. The highest BCUT2D eigenvalue weighted by Crippen LogP contribution is 2.25. The van der Waals surface area contributed by atoms with Crippen LogP contribution in [0.2, 0.25) is 0 Å². The third-order valence-corrected chi connectivity index (χ3v) is 6.53. The maximum Gasteiger partial charge on any atom is 0.253 e. The number of carbonyl (C=O) groups is 1. The molecule has 1 saturated heterocycles. The first-order valence-corrected chi connectivity index (χ1v) is 10.6. The molecule has 0 radical (unpaired) electrons. The van der Waals surface area contributed by atoms with Gasteiger partial charge in [-0.3, -0.25) is 9.10 Å². The van der Waals surface area contributed by atoms with Crippen LogP contribution in [0, 0.1) is 0 Å². The molecule has 1 amide bonds. The second-order valence-electron chi connectivity index (χ2n) is 6.41. The van der Waals surface area contributed by atoms with E-state index in [0.717, 1.165) is 6.42 Å². The Balaban J connectivity index is 1.74. The van der Waals surface area contributed by atoms with Crippen LogP contribution in [0.3, 0.4) is 0 Å². The maximum atomic E-state index is 12.9. The Kier molecular flexibility index (Phi) is 5.61. The lowest BCUT2D eigenvalue weighted by molar-refractivity contribution is 0.0766. The van der Waals surface area contributed by atoms with Gasteiger partial charge in [-0.25, -0.2) is 8.42 Å². The minimum Gasteiger partial charge on any atom is -0.339 e. The molecule has 0 atom stereocenters. The molecule has 1 fully saturated rings. The molecule has 0 unspecified atom stereocenters. The second kappa shape index (κ2) is 7.91. The van der Waals surface area contributed by atoms with Crippen LogP contribution < -0.4 is 4.31 Å². The molecule has 2 aromatic carbocycles. The number of likely N-dealkylation sites (N-methyl/N-ethyl adjacent to an activating group) is 1. The predicted molar refractivity (Wildman–Crippen MR) is 104 cm³/mol. The first-order valence-electron chi connectivity index (χ1n) is 8.95. The zero-order valence-corrected chi connectivity index (χ0v) is 15.8. The largest absolute Gasteiger partial charge is 0.339 e. The SMILES string of the molecule is CCN(CCc1ccccc1)C(=O)c1cccc(N2CCCS2(=O)=O)c1. The van der Waals surface area contributed by atoms with E-state index < -0.39 is 10.0 Å². The molecule has 0 spiro atoms. The zero-order valence-electron chi connectivity index (χ0n) is 15.0. The van der Waals surface area contributed by atoms with Gasteiger partial charge < -0.3 is 4.90 Å². The average Bonchev–Trinajstić information content (AvgIpc) is 3.02. The van der Waals surface area contributed by atoms with Crippen molar-refractivity contribution in [2.45, 2.75) is 19.8 Å². The summed E-state index contributed by atoms with van der Waals surface area (Å²) < 4.78 is 25.7. The van der Waals surface area contributed by atoms with E-state index in [9.17, 15) is 13.2 Å². The third kappa shape index (κ3) is 4.07. The minimum atomic E-state index is -3.25. The minimum absolute atomic E-state index is 0.0677. The molecule has 2 aromatic rings. The van der Waals surface area contributed by atoms with Gasteiger partial charge in [0, 0.05) is 25.2 Å². The van der Waals surface area contributed by atoms with Gasteiger partial charge >= 0.3 is 0 Å². The first kappa shape index (κ1) is 18.5. The highest BCUT2D eigenvalue weighted by Gasteiger charge is 2.29. The summed E-state index contributed by atoms with van der Waals surface area (Å²) in [5.41, 5.74) is 2.29. The summed E-state index contributed by atoms with van der Waals surface area (Å²) >= 11 is 0. The van der Waals surface area contributed by atoms with Gasteiger partial charge in [0.25, 0.3) is 5.91 Å². The fourth-order valence-electron chi connectivity index (χ4n) is 3.22. The number of sulfonamides is 1. The standard InChI is InChI=1S/C20H24N2O3S/c1-2-21(14-12-17-8-4-3-5-9-17)20(23)18-10-6-11-19(16-18)22-13-7-15-26(22,24)25/h3-6,8-11,16H,2,7,12-15H2,1H3. The molecule has 138 valence electrons. The average molecular weight is 372 g/mol. The number of hydrogen-bond acceptors (Lipinski definition) is 3. The monoisotopic (exact) mass is 372 g/mol. The van der Waals surface area contributed by atoms with Crippen LogP contribution in [0.25, 0.3) is 0 Å². The molecule has 1 aliphatic heterocycles. The Morgan fingerprint density at radius 2 is 1.88 bits per heavy atom. The van der Waals surface area contributed by atoms with Crippen molar-refractivity contribution in [1.29, 1.82) is 0 Å². The molecular weight excluding hydrogens is 348 g/mol. The molecule has 0 N–H and O–H groups in total. The van der Waals surface area contributed by atoms with E-state index in [4.69, 9.17) is 0 Å². The van der Waals surface area contributed by atoms with Crippen LogP contribution in [0.4, 0.5) is 5.69 Å². The van der Waals surface area contributed by atoms with Crippen molar-refractivity contribution in [3.8, 4) is 0 Å². The summed E-state index contributed by atoms with van der Waals surface area (Å²) in [6.45, 7) is 3.67. The van der Waals surface area contributed by atoms with Gasteiger partial charge in [0.15, 0.2) is 0 Å². The molecule has 1 aliphatic rings. The van der Waals surface area contributed by atoms with Crippen LogP contribution in [-0.2, 0) is 16.4 Å². The summed E-state index contributed by atoms with van der Waals surface area (Å²) in [5.74, 6) is 0.102. The molecule has 0 aliphatic carbocycles. The van der Waals surface area contributed by atoms with Crippen LogP contribution in [0.15, 0.2) is 54.6 Å². The first-order chi connectivity index (χ1) is 12.5. The van der Waals surface area contributed by atoms with Gasteiger partial charge in [0.05, 0.1) is 11.4 Å². The van der Waals surface area contributed by atoms with Gasteiger partial charge in [-0.1, -0.05) is 36.4 Å².